The van der Waals surface area contributed by atoms with E-state index in [9.17, 15) is 24.2 Å². The number of phosphoric ester groups is 1. The van der Waals surface area contributed by atoms with E-state index in [0.717, 1.165) is 70.6 Å². The molecule has 0 spiro atoms. The molecule has 0 heterocycles. The van der Waals surface area contributed by atoms with Gasteiger partial charge in [-0.05, 0) is 70.6 Å². The predicted molar refractivity (Wildman–Crippen MR) is 257 cm³/mol. The minimum Gasteiger partial charge on any atom is -0.463 e. The number of hydrogen-bond donors (Lipinski definition) is 3. The fraction of sp³-hybridized carbons (Fsp3) is 0.804. The molecule has 9 nitrogen and oxygen atoms in total. The summed E-state index contributed by atoms with van der Waals surface area (Å²) in [7, 11) is -4.42. The van der Waals surface area contributed by atoms with E-state index in [-0.39, 0.29) is 32.1 Å². The highest BCUT2D eigenvalue weighted by Crippen LogP contribution is 2.42. The van der Waals surface area contributed by atoms with Crippen LogP contribution in [0.2, 0.25) is 0 Å². The van der Waals surface area contributed by atoms with E-state index in [0.29, 0.717) is 6.42 Å². The van der Waals surface area contributed by atoms with Crippen LogP contribution in [0.1, 0.15) is 232 Å². The van der Waals surface area contributed by atoms with Crippen molar-refractivity contribution in [3.05, 3.63) is 48.6 Å². The third-order valence-electron chi connectivity index (χ3n) is 10.7. The smallest absolute Gasteiger partial charge is 0.463 e. The Bertz CT molecular complexity index is 1140. The summed E-state index contributed by atoms with van der Waals surface area (Å²) in [5, 5.41) is 12.7. The van der Waals surface area contributed by atoms with Crippen molar-refractivity contribution >= 4 is 19.7 Å². The monoisotopic (exact) mass is 880 g/mol. The van der Waals surface area contributed by atoms with Crippen LogP contribution < -0.4 is 5.32 Å². The van der Waals surface area contributed by atoms with Gasteiger partial charge in [-0.25, -0.2) is 4.57 Å². The third kappa shape index (κ3) is 48.9. The highest BCUT2D eigenvalue weighted by atomic mass is 31.2. The first-order valence-electron chi connectivity index (χ1n) is 25.1. The number of esters is 1. The van der Waals surface area contributed by atoms with Gasteiger partial charge in [0.1, 0.15) is 12.7 Å². The van der Waals surface area contributed by atoms with Crippen LogP contribution in [0.4, 0.5) is 0 Å². The Morgan fingerprint density at radius 2 is 0.934 bits per heavy atom. The number of nitrogens with one attached hydrogen (secondary N) is 1. The molecule has 0 rings (SSSR count). The average molecular weight is 880 g/mol. The molecule has 0 fully saturated rings. The summed E-state index contributed by atoms with van der Waals surface area (Å²) in [6, 6.07) is 0. The molecule has 3 N–H and O–H groups in total. The maximum atomic E-state index is 12.1. The molecule has 0 aliphatic rings. The van der Waals surface area contributed by atoms with Gasteiger partial charge in [0.05, 0.1) is 13.2 Å². The van der Waals surface area contributed by atoms with Gasteiger partial charge in [0.2, 0.25) is 5.91 Å². The second-order valence-corrected chi connectivity index (χ2v) is 18.2. The van der Waals surface area contributed by atoms with E-state index in [1.807, 2.05) is 0 Å². The number of unbranched alkanes of at least 4 members (excludes halogenated alkanes) is 26. The molecule has 61 heavy (non-hydrogen) atoms. The van der Waals surface area contributed by atoms with Crippen LogP contribution >= 0.6 is 7.82 Å². The standard InChI is InChI=1S/C51H94NO8P/c1-3-5-7-9-11-13-15-17-19-21-22-23-24-25-26-28-29-31-33-35-37-39-41-43-50(54)52-45-46-59-61(56,57)60-48-49(53)47-58-51(55)44-42-40-38-36-34-32-30-27-20-18-16-14-12-10-8-6-4-2/h6,8,12,14,17-20,49,53H,3-5,7,9-11,13,15-16,21-48H2,1-2H3,(H,52,54)(H,56,57)/b8-6-,14-12-,19-17+,20-18-. The van der Waals surface area contributed by atoms with Crippen LogP contribution in [0.15, 0.2) is 48.6 Å². The first-order valence-corrected chi connectivity index (χ1v) is 26.6. The van der Waals surface area contributed by atoms with E-state index < -0.39 is 26.5 Å². The van der Waals surface area contributed by atoms with E-state index in [2.05, 4.69) is 67.8 Å². The summed E-state index contributed by atoms with van der Waals surface area (Å²) in [5.41, 5.74) is 0. The van der Waals surface area contributed by atoms with Crippen molar-refractivity contribution in [1.82, 2.24) is 5.32 Å². The average Bonchev–Trinajstić information content (AvgIpc) is 3.25. The highest BCUT2D eigenvalue weighted by Gasteiger charge is 2.23. The molecule has 0 aromatic carbocycles. The maximum Gasteiger partial charge on any atom is 0.472 e. The first kappa shape index (κ1) is 59.0. The Balaban J connectivity index is 3.55. The molecule has 0 aliphatic heterocycles. The number of allylic oxidation sites excluding steroid dienone is 8. The molecule has 0 saturated heterocycles. The van der Waals surface area contributed by atoms with E-state index in [4.69, 9.17) is 13.8 Å². The van der Waals surface area contributed by atoms with Crippen molar-refractivity contribution in [3.63, 3.8) is 0 Å². The molecule has 0 radical (unpaired) electrons. The van der Waals surface area contributed by atoms with Gasteiger partial charge in [0, 0.05) is 19.4 Å². The molecule has 0 aliphatic carbocycles. The fourth-order valence-electron chi connectivity index (χ4n) is 6.98. The number of aliphatic hydroxyl groups is 1. The SMILES string of the molecule is CC/C=C\C/C=C\C/C=C\CCCCCCCCCC(=O)OCC(O)COP(=O)(O)OCCNC(=O)CCCCCCCCCCCCCCC/C=C/CCCCCCCC. The molecule has 2 unspecified atom stereocenters. The van der Waals surface area contributed by atoms with Gasteiger partial charge in [0.15, 0.2) is 0 Å². The Hall–Kier alpha value is -2.03. The number of carbonyl (C=O) groups excluding carboxylic acids is 2. The number of phosphoric acid groups is 1. The molecular formula is C51H94NO8P. The molecule has 356 valence electrons. The molecule has 0 aromatic heterocycles. The van der Waals surface area contributed by atoms with Gasteiger partial charge in [-0.1, -0.05) is 197 Å². The largest absolute Gasteiger partial charge is 0.472 e. The Morgan fingerprint density at radius 1 is 0.525 bits per heavy atom. The molecule has 0 saturated carbocycles. The summed E-state index contributed by atoms with van der Waals surface area (Å²) in [6.45, 7) is 3.45. The third-order valence-corrected chi connectivity index (χ3v) is 11.7. The lowest BCUT2D eigenvalue weighted by Crippen LogP contribution is -2.27. The second kappa shape index (κ2) is 47.4. The van der Waals surface area contributed by atoms with Crippen LogP contribution in [0, 0.1) is 0 Å². The molecular weight excluding hydrogens is 786 g/mol. The van der Waals surface area contributed by atoms with E-state index in [1.165, 1.54) is 135 Å². The molecule has 10 heteroatoms. The Kier molecular flexibility index (Phi) is 45.9. The zero-order chi connectivity index (χ0) is 44.6. The minimum absolute atomic E-state index is 0.0807. The Labute approximate surface area is 375 Å². The number of amides is 1. The molecule has 0 bridgehead atoms. The number of ether oxygens (including phenoxy) is 1. The van der Waals surface area contributed by atoms with Crippen LogP contribution in [0.25, 0.3) is 0 Å². The quantitative estimate of drug-likeness (QED) is 0.0238. The number of rotatable bonds is 47. The van der Waals surface area contributed by atoms with Gasteiger partial charge < -0.3 is 20.1 Å². The minimum atomic E-state index is -4.42. The lowest BCUT2D eigenvalue weighted by Gasteiger charge is -2.15. The summed E-state index contributed by atoms with van der Waals surface area (Å²) >= 11 is 0. The number of hydrogen-bond acceptors (Lipinski definition) is 7. The first-order chi connectivity index (χ1) is 29.8. The topological polar surface area (TPSA) is 131 Å². The van der Waals surface area contributed by atoms with Gasteiger partial charge in [-0.2, -0.15) is 0 Å². The summed E-state index contributed by atoms with van der Waals surface area (Å²) in [4.78, 5) is 34.0. The van der Waals surface area contributed by atoms with Crippen LogP contribution in [-0.2, 0) is 27.9 Å². The second-order valence-electron chi connectivity index (χ2n) is 16.8. The van der Waals surface area contributed by atoms with E-state index in [1.54, 1.807) is 0 Å². The zero-order valence-electron chi connectivity index (χ0n) is 39.4. The Morgan fingerprint density at radius 3 is 1.43 bits per heavy atom. The fourth-order valence-corrected chi connectivity index (χ4v) is 7.74. The summed E-state index contributed by atoms with van der Waals surface area (Å²) < 4.78 is 27.0. The van der Waals surface area contributed by atoms with Crippen molar-refractivity contribution in [2.45, 2.75) is 238 Å². The lowest BCUT2D eigenvalue weighted by atomic mass is 10.0. The normalized spacial score (nSPS) is 13.6. The van der Waals surface area contributed by atoms with Gasteiger partial charge in [0.25, 0.3) is 0 Å². The van der Waals surface area contributed by atoms with Crippen molar-refractivity contribution in [2.75, 3.05) is 26.4 Å². The predicted octanol–water partition coefficient (Wildman–Crippen LogP) is 14.7. The van der Waals surface area contributed by atoms with Crippen molar-refractivity contribution < 1.29 is 37.9 Å². The van der Waals surface area contributed by atoms with Crippen LogP contribution in [0.3, 0.4) is 0 Å². The van der Waals surface area contributed by atoms with Gasteiger partial charge in [-0.3, -0.25) is 18.6 Å². The van der Waals surface area contributed by atoms with Crippen molar-refractivity contribution in [1.29, 1.82) is 0 Å². The molecule has 2 atom stereocenters. The maximum absolute atomic E-state index is 12.1. The number of aliphatic hydroxyl groups excluding tert-OH is 1. The summed E-state index contributed by atoms with van der Waals surface area (Å²) in [5.74, 6) is -0.522. The van der Waals surface area contributed by atoms with E-state index >= 15 is 0 Å². The van der Waals surface area contributed by atoms with Crippen molar-refractivity contribution in [2.24, 2.45) is 0 Å². The zero-order valence-corrected chi connectivity index (χ0v) is 40.3. The van der Waals surface area contributed by atoms with Crippen LogP contribution in [0.5, 0.6) is 0 Å². The highest BCUT2D eigenvalue weighted by molar-refractivity contribution is 7.47. The number of carbonyl (C=O) groups is 2. The molecule has 1 amide bonds. The van der Waals surface area contributed by atoms with Crippen molar-refractivity contribution in [3.8, 4) is 0 Å². The van der Waals surface area contributed by atoms with Crippen LogP contribution in [-0.4, -0.2) is 54.3 Å². The lowest BCUT2D eigenvalue weighted by molar-refractivity contribution is -0.147. The summed E-state index contributed by atoms with van der Waals surface area (Å²) in [6.07, 6.45) is 56.2. The molecule has 0 aromatic rings. The van der Waals surface area contributed by atoms with Gasteiger partial charge >= 0.3 is 13.8 Å². The van der Waals surface area contributed by atoms with Gasteiger partial charge in [-0.15, -0.1) is 0 Å².